The van der Waals surface area contributed by atoms with Crippen LogP contribution in [0.3, 0.4) is 0 Å². The summed E-state index contributed by atoms with van der Waals surface area (Å²) in [5.74, 6) is 0.601. The van der Waals surface area contributed by atoms with Gasteiger partial charge in [0.2, 0.25) is 0 Å². The molecule has 1 heterocycles. The van der Waals surface area contributed by atoms with Gasteiger partial charge >= 0.3 is 0 Å². The highest BCUT2D eigenvalue weighted by molar-refractivity contribution is 7.16. The van der Waals surface area contributed by atoms with Crippen molar-refractivity contribution >= 4 is 22.9 Å². The van der Waals surface area contributed by atoms with E-state index >= 15 is 0 Å². The normalized spacial score (nSPS) is 21.1. The molecule has 2 nitrogen and oxygen atoms in total. The van der Waals surface area contributed by atoms with Crippen molar-refractivity contribution in [3.8, 4) is 0 Å². The van der Waals surface area contributed by atoms with E-state index in [0.29, 0.717) is 12.0 Å². The summed E-state index contributed by atoms with van der Waals surface area (Å²) >= 11 is 7.82. The smallest absolute Gasteiger partial charge is 0.0934 e. The van der Waals surface area contributed by atoms with Crippen LogP contribution in [-0.4, -0.2) is 17.8 Å². The minimum Gasteiger partial charge on any atom is -0.395 e. The van der Waals surface area contributed by atoms with Gasteiger partial charge in [-0.1, -0.05) is 25.4 Å². The summed E-state index contributed by atoms with van der Waals surface area (Å²) in [6, 6.07) is 2.66. The third-order valence-corrected chi connectivity index (χ3v) is 4.84. The summed E-state index contributed by atoms with van der Waals surface area (Å²) in [7, 11) is 0. The SMILES string of the molecule is CC(C)CC(CO)NC1CCCc2sc(Cl)cc21. The van der Waals surface area contributed by atoms with Crippen molar-refractivity contribution in [3.63, 3.8) is 0 Å². The number of nitrogens with one attached hydrogen (secondary N) is 1. The lowest BCUT2D eigenvalue weighted by Gasteiger charge is -2.28. The number of fused-ring (bicyclic) bond motifs is 1. The predicted molar refractivity (Wildman–Crippen MR) is 78.5 cm³/mol. The molecule has 102 valence electrons. The first-order chi connectivity index (χ1) is 8.60. The van der Waals surface area contributed by atoms with Crippen LogP contribution in [0, 0.1) is 5.92 Å². The fourth-order valence-corrected chi connectivity index (χ4v) is 4.13. The van der Waals surface area contributed by atoms with E-state index in [1.54, 1.807) is 11.3 Å². The lowest BCUT2D eigenvalue weighted by atomic mass is 9.92. The molecule has 0 aromatic carbocycles. The zero-order chi connectivity index (χ0) is 13.1. The van der Waals surface area contributed by atoms with Gasteiger partial charge in [0.05, 0.1) is 10.9 Å². The standard InChI is InChI=1S/C14H22ClNOS/c1-9(2)6-10(8-17)16-12-4-3-5-13-11(12)7-14(15)18-13/h7,9-10,12,16-17H,3-6,8H2,1-2H3. The van der Waals surface area contributed by atoms with E-state index in [2.05, 4.69) is 25.2 Å². The molecule has 0 fully saturated rings. The molecule has 2 unspecified atom stereocenters. The van der Waals surface area contributed by atoms with Crippen LogP contribution in [-0.2, 0) is 6.42 Å². The molecule has 0 amide bonds. The largest absolute Gasteiger partial charge is 0.395 e. The number of aryl methyl sites for hydroxylation is 1. The Morgan fingerprint density at radius 2 is 2.33 bits per heavy atom. The lowest BCUT2D eigenvalue weighted by molar-refractivity contribution is 0.209. The molecule has 0 saturated carbocycles. The van der Waals surface area contributed by atoms with Gasteiger partial charge < -0.3 is 10.4 Å². The van der Waals surface area contributed by atoms with Crippen molar-refractivity contribution in [2.45, 2.75) is 51.6 Å². The maximum absolute atomic E-state index is 9.47. The summed E-state index contributed by atoms with van der Waals surface area (Å²) < 4.78 is 0.887. The van der Waals surface area contributed by atoms with E-state index in [1.165, 1.54) is 16.9 Å². The van der Waals surface area contributed by atoms with Crippen LogP contribution < -0.4 is 5.32 Å². The second-order valence-corrected chi connectivity index (χ2v) is 7.32. The number of halogens is 1. The minimum atomic E-state index is 0.194. The molecule has 0 saturated heterocycles. The monoisotopic (exact) mass is 287 g/mol. The van der Waals surface area contributed by atoms with Crippen molar-refractivity contribution in [2.75, 3.05) is 6.61 Å². The number of rotatable bonds is 5. The molecule has 1 aliphatic rings. The average molecular weight is 288 g/mol. The van der Waals surface area contributed by atoms with Crippen molar-refractivity contribution in [1.82, 2.24) is 5.32 Å². The van der Waals surface area contributed by atoms with E-state index < -0.39 is 0 Å². The molecule has 1 aromatic heterocycles. The van der Waals surface area contributed by atoms with E-state index in [1.807, 2.05) is 0 Å². The van der Waals surface area contributed by atoms with E-state index in [-0.39, 0.29) is 12.6 Å². The molecule has 2 atom stereocenters. The van der Waals surface area contributed by atoms with E-state index in [9.17, 15) is 5.11 Å². The van der Waals surface area contributed by atoms with Gasteiger partial charge in [-0.05, 0) is 43.2 Å². The molecule has 2 N–H and O–H groups in total. The lowest BCUT2D eigenvalue weighted by Crippen LogP contribution is -2.37. The molecule has 2 rings (SSSR count). The molecular formula is C14H22ClNOS. The van der Waals surface area contributed by atoms with Crippen molar-refractivity contribution < 1.29 is 5.11 Å². The van der Waals surface area contributed by atoms with Crippen LogP contribution in [0.15, 0.2) is 6.07 Å². The Bertz CT molecular complexity index is 391. The van der Waals surface area contributed by atoms with Crippen LogP contribution in [0.4, 0.5) is 0 Å². The van der Waals surface area contributed by atoms with Crippen molar-refractivity contribution in [1.29, 1.82) is 0 Å². The quantitative estimate of drug-likeness (QED) is 0.864. The van der Waals surface area contributed by atoms with Crippen molar-refractivity contribution in [2.24, 2.45) is 5.92 Å². The molecule has 1 aliphatic carbocycles. The summed E-state index contributed by atoms with van der Waals surface area (Å²) in [6.07, 6.45) is 4.52. The Hall–Kier alpha value is -0.0900. The fourth-order valence-electron chi connectivity index (χ4n) is 2.74. The topological polar surface area (TPSA) is 32.3 Å². The number of hydrogen-bond donors (Lipinski definition) is 2. The van der Waals surface area contributed by atoms with Gasteiger partial charge in [0.25, 0.3) is 0 Å². The Labute approximate surface area is 118 Å². The van der Waals surface area contributed by atoms with Crippen LogP contribution >= 0.6 is 22.9 Å². The maximum atomic E-state index is 9.47. The Kier molecular flexibility index (Phi) is 5.07. The van der Waals surface area contributed by atoms with Crippen LogP contribution in [0.1, 0.15) is 49.6 Å². The first-order valence-electron chi connectivity index (χ1n) is 6.75. The van der Waals surface area contributed by atoms with Gasteiger partial charge in [-0.25, -0.2) is 0 Å². The average Bonchev–Trinajstić information content (AvgIpc) is 2.69. The molecule has 0 radical (unpaired) electrons. The summed E-state index contributed by atoms with van der Waals surface area (Å²) in [6.45, 7) is 4.60. The third kappa shape index (κ3) is 3.47. The molecule has 0 spiro atoms. The van der Waals surface area contributed by atoms with Crippen LogP contribution in [0.5, 0.6) is 0 Å². The van der Waals surface area contributed by atoms with Crippen molar-refractivity contribution in [3.05, 3.63) is 20.8 Å². The fraction of sp³-hybridized carbons (Fsp3) is 0.714. The Morgan fingerprint density at radius 3 is 3.00 bits per heavy atom. The first-order valence-corrected chi connectivity index (χ1v) is 7.94. The molecule has 1 aromatic rings. The second-order valence-electron chi connectivity index (χ2n) is 5.55. The number of hydrogen-bond acceptors (Lipinski definition) is 3. The molecular weight excluding hydrogens is 266 g/mol. The molecule has 18 heavy (non-hydrogen) atoms. The zero-order valence-corrected chi connectivity index (χ0v) is 12.7. The van der Waals surface area contributed by atoms with Gasteiger partial charge in [0.15, 0.2) is 0 Å². The minimum absolute atomic E-state index is 0.194. The van der Waals surface area contributed by atoms with Crippen LogP contribution in [0.2, 0.25) is 4.34 Å². The van der Waals surface area contributed by atoms with E-state index in [4.69, 9.17) is 11.6 Å². The first kappa shape index (κ1) is 14.3. The number of thiophene rings is 1. The van der Waals surface area contributed by atoms with Gasteiger partial charge in [-0.2, -0.15) is 0 Å². The molecule has 4 heteroatoms. The van der Waals surface area contributed by atoms with E-state index in [0.717, 1.165) is 23.6 Å². The highest BCUT2D eigenvalue weighted by atomic mass is 35.5. The maximum Gasteiger partial charge on any atom is 0.0934 e. The van der Waals surface area contributed by atoms with Crippen LogP contribution in [0.25, 0.3) is 0 Å². The number of aliphatic hydroxyl groups is 1. The summed E-state index contributed by atoms with van der Waals surface area (Å²) in [5, 5.41) is 13.1. The summed E-state index contributed by atoms with van der Waals surface area (Å²) in [5.41, 5.74) is 1.36. The molecule has 0 aliphatic heterocycles. The molecule has 0 bridgehead atoms. The van der Waals surface area contributed by atoms with Gasteiger partial charge in [-0.15, -0.1) is 11.3 Å². The Morgan fingerprint density at radius 1 is 1.56 bits per heavy atom. The third-order valence-electron chi connectivity index (χ3n) is 3.50. The number of aliphatic hydroxyl groups excluding tert-OH is 1. The highest BCUT2D eigenvalue weighted by Crippen LogP contribution is 2.38. The second kappa shape index (κ2) is 6.38. The summed E-state index contributed by atoms with van der Waals surface area (Å²) in [4.78, 5) is 1.42. The Balaban J connectivity index is 2.05. The van der Waals surface area contributed by atoms with Gasteiger partial charge in [-0.3, -0.25) is 0 Å². The predicted octanol–water partition coefficient (Wildman–Crippen LogP) is 3.78. The van der Waals surface area contributed by atoms with Gasteiger partial charge in [0, 0.05) is 17.0 Å². The van der Waals surface area contributed by atoms with Gasteiger partial charge in [0.1, 0.15) is 0 Å². The zero-order valence-electron chi connectivity index (χ0n) is 11.1. The highest BCUT2D eigenvalue weighted by Gasteiger charge is 2.24.